The molecule has 0 saturated carbocycles. The van der Waals surface area contributed by atoms with Crippen LogP contribution in [-0.4, -0.2) is 59.0 Å². The molecule has 5 N–H and O–H groups in total. The van der Waals surface area contributed by atoms with Crippen LogP contribution in [0.15, 0.2) is 30.3 Å². The maximum Gasteiger partial charge on any atom is 0.261 e. The normalized spacial score (nSPS) is 16.5. The maximum atomic E-state index is 13.5. The number of nitrogen functional groups attached to an aromatic ring is 1. The molecule has 0 aliphatic carbocycles. The van der Waals surface area contributed by atoms with Gasteiger partial charge in [-0.3, -0.25) is 28.6 Å². The van der Waals surface area contributed by atoms with Crippen LogP contribution in [0.1, 0.15) is 61.3 Å². The Labute approximate surface area is 222 Å². The van der Waals surface area contributed by atoms with E-state index in [9.17, 15) is 28.6 Å². The van der Waals surface area contributed by atoms with Crippen molar-refractivity contribution in [2.75, 3.05) is 25.2 Å². The first-order valence-electron chi connectivity index (χ1n) is 12.7. The summed E-state index contributed by atoms with van der Waals surface area (Å²) in [7, 11) is -2.73. The van der Waals surface area contributed by atoms with Crippen LogP contribution in [0.4, 0.5) is 5.69 Å². The highest BCUT2D eigenvalue weighted by Crippen LogP contribution is 2.46. The van der Waals surface area contributed by atoms with Crippen LogP contribution in [0, 0.1) is 17.8 Å². The monoisotopic (exact) mass is 544 g/mol. The molecule has 0 fully saturated rings. The number of carbonyl (C=O) groups is 4. The average molecular weight is 545 g/mol. The predicted octanol–water partition coefficient (Wildman–Crippen LogP) is 3.19. The van der Waals surface area contributed by atoms with Crippen molar-refractivity contribution in [3.05, 3.63) is 41.5 Å². The van der Waals surface area contributed by atoms with Gasteiger partial charge in [-0.15, -0.1) is 0 Å². The van der Waals surface area contributed by atoms with Crippen molar-refractivity contribution >= 4 is 47.5 Å². The van der Waals surface area contributed by atoms with Gasteiger partial charge < -0.3 is 21.3 Å². The minimum absolute atomic E-state index is 0.0139. The van der Waals surface area contributed by atoms with Crippen LogP contribution in [-0.2, 0) is 14.2 Å². The highest BCUT2D eigenvalue weighted by atomic mass is 31.2. The summed E-state index contributed by atoms with van der Waals surface area (Å²) >= 11 is 0. The summed E-state index contributed by atoms with van der Waals surface area (Å²) in [6, 6.07) is 7.30. The highest BCUT2D eigenvalue weighted by molar-refractivity contribution is 7.58. The van der Waals surface area contributed by atoms with Crippen molar-refractivity contribution in [2.24, 2.45) is 17.8 Å². The third kappa shape index (κ3) is 6.60. The molecule has 11 heteroatoms. The van der Waals surface area contributed by atoms with Gasteiger partial charge in [0.1, 0.15) is 12.3 Å². The first kappa shape index (κ1) is 29.3. The van der Waals surface area contributed by atoms with Gasteiger partial charge in [0.2, 0.25) is 19.2 Å². The lowest BCUT2D eigenvalue weighted by Gasteiger charge is -2.30. The first-order valence-corrected chi connectivity index (χ1v) is 14.8. The van der Waals surface area contributed by atoms with E-state index in [1.165, 1.54) is 13.1 Å². The Morgan fingerprint density at radius 3 is 2.24 bits per heavy atom. The molecule has 206 valence electrons. The van der Waals surface area contributed by atoms with Crippen LogP contribution in [0.3, 0.4) is 0 Å². The van der Waals surface area contributed by atoms with Gasteiger partial charge in [0.15, 0.2) is 0 Å². The number of hydrogen-bond donors (Lipinski definition) is 4. The van der Waals surface area contributed by atoms with Crippen LogP contribution in [0.25, 0.3) is 10.8 Å². The minimum Gasteiger partial charge on any atom is -0.399 e. The number of nitrogens with zero attached hydrogens (tertiary/aromatic N) is 1. The molecular formula is C27H37N4O6P. The minimum atomic E-state index is -4.21. The van der Waals surface area contributed by atoms with Gasteiger partial charge >= 0.3 is 0 Å². The van der Waals surface area contributed by atoms with Gasteiger partial charge in [0.05, 0.1) is 5.56 Å². The van der Waals surface area contributed by atoms with E-state index >= 15 is 0 Å². The average Bonchev–Trinajstić information content (AvgIpc) is 2.82. The number of hydrogen-bond acceptors (Lipinski definition) is 6. The number of likely N-dealkylation sites (N-methyl/N-ethyl adjacent to an activating group) is 1. The highest BCUT2D eigenvalue weighted by Gasteiger charge is 2.39. The summed E-state index contributed by atoms with van der Waals surface area (Å²) in [6.45, 7) is 7.61. The molecule has 1 heterocycles. The van der Waals surface area contributed by atoms with E-state index in [0.717, 1.165) is 4.90 Å². The Morgan fingerprint density at radius 1 is 1.00 bits per heavy atom. The van der Waals surface area contributed by atoms with Gasteiger partial charge in [-0.05, 0) is 48.3 Å². The van der Waals surface area contributed by atoms with Crippen LogP contribution >= 0.6 is 7.37 Å². The summed E-state index contributed by atoms with van der Waals surface area (Å²) in [5.74, 6) is -3.00. The Balaban J connectivity index is 1.85. The first-order chi connectivity index (χ1) is 17.7. The molecule has 2 aromatic rings. The molecule has 3 atom stereocenters. The molecule has 3 rings (SSSR count). The lowest BCUT2D eigenvalue weighted by Crippen LogP contribution is -2.49. The largest absolute Gasteiger partial charge is 0.399 e. The fourth-order valence-electron chi connectivity index (χ4n) is 4.93. The second-order valence-electron chi connectivity index (χ2n) is 10.8. The van der Waals surface area contributed by atoms with Gasteiger partial charge in [0, 0.05) is 35.8 Å². The molecule has 0 saturated heterocycles. The Hall–Kier alpha value is -3.23. The number of amides is 4. The molecule has 10 nitrogen and oxygen atoms in total. The fraction of sp³-hybridized carbons (Fsp3) is 0.481. The summed E-state index contributed by atoms with van der Waals surface area (Å²) in [5.41, 5.74) is 6.73. The van der Waals surface area contributed by atoms with E-state index in [4.69, 9.17) is 5.73 Å². The third-order valence-corrected chi connectivity index (χ3v) is 8.27. The maximum absolute atomic E-state index is 13.5. The van der Waals surface area contributed by atoms with Gasteiger partial charge in [-0.25, -0.2) is 0 Å². The molecule has 0 radical (unpaired) electrons. The Bertz CT molecular complexity index is 1310. The van der Waals surface area contributed by atoms with Crippen molar-refractivity contribution < 1.29 is 28.6 Å². The van der Waals surface area contributed by atoms with Crippen LogP contribution in [0.5, 0.6) is 0 Å². The Morgan fingerprint density at radius 2 is 1.63 bits per heavy atom. The molecule has 1 aliphatic heterocycles. The molecular weight excluding hydrogens is 507 g/mol. The number of imide groups is 1. The zero-order chi connectivity index (χ0) is 28.4. The fourth-order valence-corrected chi connectivity index (χ4v) is 6.75. The van der Waals surface area contributed by atoms with Gasteiger partial charge in [-0.2, -0.15) is 0 Å². The predicted molar refractivity (Wildman–Crippen MR) is 147 cm³/mol. The lowest BCUT2D eigenvalue weighted by atomic mass is 9.94. The van der Waals surface area contributed by atoms with Gasteiger partial charge in [0.25, 0.3) is 11.8 Å². The van der Waals surface area contributed by atoms with E-state index in [1.807, 2.05) is 27.7 Å². The van der Waals surface area contributed by atoms with Crippen molar-refractivity contribution in [2.45, 2.75) is 46.6 Å². The SMILES string of the molecule is CNC(=O)[C@H](CC(C)C)NC(=O)C(CC(C)C)CP(=O)(O)CN1C(=O)c2cccc3cc(N)cc(c23)C1=O. The quantitative estimate of drug-likeness (QED) is 0.192. The second kappa shape index (κ2) is 11.7. The molecule has 4 amide bonds. The van der Waals surface area contributed by atoms with Crippen molar-refractivity contribution in [3.63, 3.8) is 0 Å². The Kier molecular flexibility index (Phi) is 9.00. The molecule has 0 aromatic heterocycles. The smallest absolute Gasteiger partial charge is 0.261 e. The second-order valence-corrected chi connectivity index (χ2v) is 13.2. The lowest BCUT2D eigenvalue weighted by molar-refractivity contribution is -0.131. The zero-order valence-electron chi connectivity index (χ0n) is 22.5. The van der Waals surface area contributed by atoms with E-state index in [-0.39, 0.29) is 28.9 Å². The number of carbonyl (C=O) groups excluding carboxylic acids is 4. The molecule has 38 heavy (non-hydrogen) atoms. The number of anilines is 1. The molecule has 0 bridgehead atoms. The summed E-state index contributed by atoms with van der Waals surface area (Å²) in [6.07, 6.45) is -0.479. The van der Waals surface area contributed by atoms with E-state index in [2.05, 4.69) is 10.6 Å². The zero-order valence-corrected chi connectivity index (χ0v) is 23.4. The van der Waals surface area contributed by atoms with Gasteiger partial charge in [-0.1, -0.05) is 39.8 Å². The standard InChI is InChI=1S/C27H37N4O6P/c1-15(2)9-18(24(32)30-22(10-16(3)4)25(33)29-5)13-38(36,37)14-31-26(34)20-8-6-7-17-11-19(28)12-21(23(17)20)27(31)35/h6-8,11-12,15-16,18,22H,9-10,13-14,28H2,1-5H3,(H,29,33)(H,30,32)(H,36,37)/t18?,22-/m0/s1. The van der Waals surface area contributed by atoms with E-state index in [1.54, 1.807) is 24.3 Å². The summed E-state index contributed by atoms with van der Waals surface area (Å²) in [4.78, 5) is 63.9. The molecule has 0 spiro atoms. The topological polar surface area (TPSA) is 159 Å². The van der Waals surface area contributed by atoms with Crippen molar-refractivity contribution in [1.29, 1.82) is 0 Å². The summed E-state index contributed by atoms with van der Waals surface area (Å²) in [5, 5.41) is 6.37. The van der Waals surface area contributed by atoms with Crippen molar-refractivity contribution in [1.82, 2.24) is 15.5 Å². The van der Waals surface area contributed by atoms with E-state index in [0.29, 0.717) is 29.3 Å². The third-order valence-electron chi connectivity index (χ3n) is 6.53. The van der Waals surface area contributed by atoms with E-state index < -0.39 is 49.5 Å². The number of nitrogens with one attached hydrogen (secondary N) is 2. The number of benzene rings is 2. The van der Waals surface area contributed by atoms with Crippen LogP contribution < -0.4 is 16.4 Å². The van der Waals surface area contributed by atoms with Crippen molar-refractivity contribution in [3.8, 4) is 0 Å². The number of nitrogens with two attached hydrogens (primary N) is 1. The van der Waals surface area contributed by atoms with Crippen LogP contribution in [0.2, 0.25) is 0 Å². The molecule has 1 aliphatic rings. The molecule has 2 unspecified atom stereocenters. The summed E-state index contributed by atoms with van der Waals surface area (Å²) < 4.78 is 13.5. The molecule has 2 aromatic carbocycles. The number of rotatable bonds is 11.